The smallest absolute Gasteiger partial charge is 0.117 e. The van der Waals surface area contributed by atoms with E-state index >= 15 is 0 Å². The van der Waals surface area contributed by atoms with Gasteiger partial charge in [0.15, 0.2) is 0 Å². The van der Waals surface area contributed by atoms with E-state index in [-0.39, 0.29) is 11.6 Å². The molecule has 0 spiro atoms. The lowest BCUT2D eigenvalue weighted by molar-refractivity contribution is 0.267. The average molecular weight is 353 g/mol. The normalized spacial score (nSPS) is 18.6. The van der Waals surface area contributed by atoms with E-state index in [4.69, 9.17) is 0 Å². The van der Waals surface area contributed by atoms with E-state index in [0.717, 1.165) is 12.2 Å². The topological polar surface area (TPSA) is 44.3 Å². The molecule has 1 aliphatic heterocycles. The van der Waals surface area contributed by atoms with Gasteiger partial charge in [-0.3, -0.25) is 5.32 Å². The fourth-order valence-corrected chi connectivity index (χ4v) is 4.03. The lowest BCUT2D eigenvalue weighted by Crippen LogP contribution is -2.50. The van der Waals surface area contributed by atoms with Crippen LogP contribution in [0.3, 0.4) is 0 Å². The van der Waals surface area contributed by atoms with Crippen LogP contribution in [0.4, 0.5) is 5.69 Å². The molecule has 0 radical (unpaired) electrons. The van der Waals surface area contributed by atoms with Crippen LogP contribution in [0, 0.1) is 0 Å². The Kier molecular flexibility index (Phi) is 6.20. The summed E-state index contributed by atoms with van der Waals surface area (Å²) in [4.78, 5) is 0. The van der Waals surface area contributed by atoms with Gasteiger partial charge in [0.2, 0.25) is 0 Å². The highest BCUT2D eigenvalue weighted by atomic mass is 16.3. The number of nitrogens with one attached hydrogen (secondary N) is 2. The minimum absolute atomic E-state index is 0.0706. The van der Waals surface area contributed by atoms with Crippen molar-refractivity contribution in [1.29, 1.82) is 0 Å². The van der Waals surface area contributed by atoms with Crippen LogP contribution < -0.4 is 10.6 Å². The molecular formula is C23H32N2O. The Bertz CT molecular complexity index is 691. The van der Waals surface area contributed by atoms with Gasteiger partial charge in [-0.2, -0.15) is 0 Å². The predicted molar refractivity (Wildman–Crippen MR) is 110 cm³/mol. The maximum Gasteiger partial charge on any atom is 0.117 e. The van der Waals surface area contributed by atoms with E-state index in [1.54, 1.807) is 6.07 Å². The quantitative estimate of drug-likeness (QED) is 0.606. The number of fused-ring (bicyclic) bond motifs is 1. The monoisotopic (exact) mass is 352 g/mol. The highest BCUT2D eigenvalue weighted by Crippen LogP contribution is 2.38. The summed E-state index contributed by atoms with van der Waals surface area (Å²) in [5.41, 5.74) is 3.60. The molecule has 0 bridgehead atoms. The fraction of sp³-hybridized carbons (Fsp3) is 0.478. The van der Waals surface area contributed by atoms with Crippen molar-refractivity contribution in [3.63, 3.8) is 0 Å². The Morgan fingerprint density at radius 2 is 1.69 bits per heavy atom. The van der Waals surface area contributed by atoms with Crippen molar-refractivity contribution in [2.24, 2.45) is 0 Å². The summed E-state index contributed by atoms with van der Waals surface area (Å²) in [5, 5.41) is 17.7. The maximum atomic E-state index is 9.99. The highest BCUT2D eigenvalue weighted by Gasteiger charge is 2.35. The van der Waals surface area contributed by atoms with Crippen LogP contribution in [0.15, 0.2) is 48.5 Å². The molecule has 140 valence electrons. The first kappa shape index (κ1) is 18.8. The number of rotatable bonds is 7. The van der Waals surface area contributed by atoms with Gasteiger partial charge in [-0.05, 0) is 30.0 Å². The van der Waals surface area contributed by atoms with Crippen LogP contribution >= 0.6 is 0 Å². The number of anilines is 1. The van der Waals surface area contributed by atoms with Gasteiger partial charge in [0, 0.05) is 23.8 Å². The number of benzene rings is 2. The molecule has 26 heavy (non-hydrogen) atoms. The van der Waals surface area contributed by atoms with Crippen molar-refractivity contribution in [2.45, 2.75) is 64.0 Å². The molecule has 3 rings (SSSR count). The van der Waals surface area contributed by atoms with E-state index in [2.05, 4.69) is 60.9 Å². The van der Waals surface area contributed by atoms with Crippen LogP contribution in [0.2, 0.25) is 0 Å². The summed E-state index contributed by atoms with van der Waals surface area (Å²) in [6.07, 6.45) is 7.20. The molecule has 2 aromatic rings. The third-order valence-electron chi connectivity index (χ3n) is 5.57. The van der Waals surface area contributed by atoms with Gasteiger partial charge >= 0.3 is 0 Å². The fourth-order valence-electron chi connectivity index (χ4n) is 4.03. The van der Waals surface area contributed by atoms with Crippen molar-refractivity contribution in [1.82, 2.24) is 5.32 Å². The van der Waals surface area contributed by atoms with Crippen molar-refractivity contribution in [3.05, 3.63) is 59.7 Å². The van der Waals surface area contributed by atoms with Gasteiger partial charge in [0.25, 0.3) is 0 Å². The molecule has 0 saturated carbocycles. The first-order chi connectivity index (χ1) is 12.7. The predicted octanol–water partition coefficient (Wildman–Crippen LogP) is 5.62. The molecule has 0 amide bonds. The molecule has 0 aromatic heterocycles. The number of hydrogen-bond acceptors (Lipinski definition) is 3. The Labute approximate surface area is 157 Å². The molecule has 1 aliphatic rings. The molecule has 3 nitrogen and oxygen atoms in total. The Morgan fingerprint density at radius 1 is 1.00 bits per heavy atom. The molecule has 0 saturated heterocycles. The first-order valence-electron chi connectivity index (χ1n) is 10.1. The maximum absolute atomic E-state index is 9.99. The van der Waals surface area contributed by atoms with E-state index in [1.807, 2.05) is 6.07 Å². The molecule has 3 N–H and O–H groups in total. The summed E-state index contributed by atoms with van der Waals surface area (Å²) in [7, 11) is 0. The number of unbranched alkanes of at least 4 members (excludes halogenated alkanes) is 2. The minimum atomic E-state index is 0.0706. The number of phenols is 1. The zero-order chi connectivity index (χ0) is 18.4. The second-order valence-electron chi connectivity index (χ2n) is 7.60. The van der Waals surface area contributed by atoms with Crippen molar-refractivity contribution in [2.75, 3.05) is 11.9 Å². The summed E-state index contributed by atoms with van der Waals surface area (Å²) in [6.45, 7) is 5.42. The SMILES string of the molecule is CCCCC1(CCCC)CNc2cc(O)ccc2C(c2ccccc2)N1. The molecular weight excluding hydrogens is 320 g/mol. The number of hydrogen-bond donors (Lipinski definition) is 3. The van der Waals surface area contributed by atoms with E-state index in [9.17, 15) is 5.11 Å². The summed E-state index contributed by atoms with van der Waals surface area (Å²) in [6, 6.07) is 16.5. The van der Waals surface area contributed by atoms with E-state index in [0.29, 0.717) is 5.75 Å². The number of aromatic hydroxyl groups is 1. The average Bonchev–Trinajstić information content (AvgIpc) is 2.83. The van der Waals surface area contributed by atoms with Crippen LogP contribution in [0.1, 0.15) is 69.5 Å². The molecule has 1 heterocycles. The second-order valence-corrected chi connectivity index (χ2v) is 7.60. The third-order valence-corrected chi connectivity index (χ3v) is 5.57. The molecule has 0 aliphatic carbocycles. The van der Waals surface area contributed by atoms with Crippen LogP contribution in [0.5, 0.6) is 5.75 Å². The molecule has 2 aromatic carbocycles. The minimum Gasteiger partial charge on any atom is -0.508 e. The second kappa shape index (κ2) is 8.59. The van der Waals surface area contributed by atoms with Gasteiger partial charge in [0.05, 0.1) is 6.04 Å². The van der Waals surface area contributed by atoms with E-state index < -0.39 is 0 Å². The first-order valence-corrected chi connectivity index (χ1v) is 10.1. The van der Waals surface area contributed by atoms with Gasteiger partial charge in [0.1, 0.15) is 5.75 Å². The zero-order valence-electron chi connectivity index (χ0n) is 16.1. The van der Waals surface area contributed by atoms with Gasteiger partial charge < -0.3 is 10.4 Å². The van der Waals surface area contributed by atoms with Crippen LogP contribution in [0.25, 0.3) is 0 Å². The largest absolute Gasteiger partial charge is 0.508 e. The van der Waals surface area contributed by atoms with Crippen LogP contribution in [-0.4, -0.2) is 17.2 Å². The van der Waals surface area contributed by atoms with Crippen molar-refractivity contribution < 1.29 is 5.11 Å². The number of phenolic OH excluding ortho intramolecular Hbond substituents is 1. The summed E-state index contributed by atoms with van der Waals surface area (Å²) < 4.78 is 0. The third kappa shape index (κ3) is 4.21. The van der Waals surface area contributed by atoms with Gasteiger partial charge in [-0.15, -0.1) is 0 Å². The lowest BCUT2D eigenvalue weighted by atomic mass is 9.85. The molecule has 0 fully saturated rings. The Hall–Kier alpha value is -2.00. The molecule has 1 atom stereocenters. The lowest BCUT2D eigenvalue weighted by Gasteiger charge is -2.37. The van der Waals surface area contributed by atoms with E-state index in [1.165, 1.54) is 49.7 Å². The van der Waals surface area contributed by atoms with Gasteiger partial charge in [-0.25, -0.2) is 0 Å². The summed E-state index contributed by atoms with van der Waals surface area (Å²) >= 11 is 0. The zero-order valence-corrected chi connectivity index (χ0v) is 16.1. The summed E-state index contributed by atoms with van der Waals surface area (Å²) in [5.74, 6) is 0.317. The van der Waals surface area contributed by atoms with Crippen molar-refractivity contribution >= 4 is 5.69 Å². The molecule has 1 unspecified atom stereocenters. The Balaban J connectivity index is 2.02. The Morgan fingerprint density at radius 3 is 2.35 bits per heavy atom. The standard InChI is InChI=1S/C23H32N2O/c1-3-5-14-23(15-6-4-2)17-24-21-16-19(26)12-13-20(21)22(25-23)18-10-8-7-9-11-18/h7-13,16,22,24-26H,3-6,14-15,17H2,1-2H3. The molecule has 3 heteroatoms. The highest BCUT2D eigenvalue weighted by molar-refractivity contribution is 5.59. The van der Waals surface area contributed by atoms with Crippen molar-refractivity contribution in [3.8, 4) is 5.75 Å². The van der Waals surface area contributed by atoms with Crippen LogP contribution in [-0.2, 0) is 0 Å². The van der Waals surface area contributed by atoms with Gasteiger partial charge in [-0.1, -0.05) is 75.9 Å².